The van der Waals surface area contributed by atoms with Gasteiger partial charge in [-0.05, 0) is 34.9 Å². The molecule has 1 aliphatic heterocycles. The minimum Gasteiger partial charge on any atom is -0.312 e. The molecule has 1 aromatic carbocycles. The predicted octanol–water partition coefficient (Wildman–Crippen LogP) is 3.09. The Morgan fingerprint density at radius 2 is 2.20 bits per heavy atom. The molecular formula is C14H21N. The van der Waals surface area contributed by atoms with Gasteiger partial charge >= 0.3 is 0 Å². The fraction of sp³-hybridized carbons (Fsp3) is 0.571. The third-order valence-corrected chi connectivity index (χ3v) is 3.50. The normalized spacial score (nSPS) is 20.4. The van der Waals surface area contributed by atoms with Crippen molar-refractivity contribution in [2.45, 2.75) is 39.7 Å². The summed E-state index contributed by atoms with van der Waals surface area (Å²) in [6.45, 7) is 9.03. The first-order valence-electron chi connectivity index (χ1n) is 6.04. The van der Waals surface area contributed by atoms with Crippen LogP contribution < -0.4 is 5.32 Å². The highest BCUT2D eigenvalue weighted by Crippen LogP contribution is 2.30. The van der Waals surface area contributed by atoms with E-state index in [9.17, 15) is 0 Å². The molecule has 15 heavy (non-hydrogen) atoms. The summed E-state index contributed by atoms with van der Waals surface area (Å²) in [6, 6.07) is 7.01. The molecule has 0 bridgehead atoms. The second kappa shape index (κ2) is 4.36. The van der Waals surface area contributed by atoms with Gasteiger partial charge in [0.1, 0.15) is 0 Å². The lowest BCUT2D eigenvalue weighted by molar-refractivity contribution is 0.436. The lowest BCUT2D eigenvalue weighted by Crippen LogP contribution is -2.30. The molecule has 1 aromatic rings. The van der Waals surface area contributed by atoms with Gasteiger partial charge in [-0.25, -0.2) is 0 Å². The summed E-state index contributed by atoms with van der Waals surface area (Å²) in [5.41, 5.74) is 4.54. The number of fused-ring (bicyclic) bond motifs is 1. The van der Waals surface area contributed by atoms with Crippen molar-refractivity contribution in [1.82, 2.24) is 5.32 Å². The fourth-order valence-electron chi connectivity index (χ4n) is 2.46. The number of aryl methyl sites for hydroxylation is 1. The smallest absolute Gasteiger partial charge is 0.0208 e. The molecule has 1 heterocycles. The van der Waals surface area contributed by atoms with E-state index >= 15 is 0 Å². The van der Waals surface area contributed by atoms with Crippen molar-refractivity contribution in [2.75, 3.05) is 6.54 Å². The maximum absolute atomic E-state index is 3.52. The molecule has 0 aliphatic carbocycles. The molecule has 2 rings (SSSR count). The Kier molecular flexibility index (Phi) is 3.11. The van der Waals surface area contributed by atoms with Gasteiger partial charge in [0, 0.05) is 13.1 Å². The van der Waals surface area contributed by atoms with E-state index in [2.05, 4.69) is 44.3 Å². The highest BCUT2D eigenvalue weighted by Gasteiger charge is 2.22. The van der Waals surface area contributed by atoms with Gasteiger partial charge in [0.15, 0.2) is 0 Å². The molecule has 0 saturated carbocycles. The van der Waals surface area contributed by atoms with Crippen LogP contribution in [0, 0.1) is 5.92 Å². The second-order valence-corrected chi connectivity index (χ2v) is 4.87. The third-order valence-electron chi connectivity index (χ3n) is 3.50. The van der Waals surface area contributed by atoms with Crippen molar-refractivity contribution >= 4 is 0 Å². The second-order valence-electron chi connectivity index (χ2n) is 4.87. The third kappa shape index (κ3) is 2.07. The van der Waals surface area contributed by atoms with Gasteiger partial charge in [-0.1, -0.05) is 39.0 Å². The summed E-state index contributed by atoms with van der Waals surface area (Å²) in [5.74, 6) is 1.42. The van der Waals surface area contributed by atoms with E-state index in [4.69, 9.17) is 0 Å². The average Bonchev–Trinajstić information content (AvgIpc) is 2.27. The molecule has 1 N–H and O–H groups in total. The Bertz CT molecular complexity index is 341. The van der Waals surface area contributed by atoms with Crippen molar-refractivity contribution in [1.29, 1.82) is 0 Å². The molecule has 0 aromatic heterocycles. The highest BCUT2D eigenvalue weighted by molar-refractivity contribution is 5.36. The first-order valence-corrected chi connectivity index (χ1v) is 6.04. The van der Waals surface area contributed by atoms with Crippen molar-refractivity contribution < 1.29 is 0 Å². The van der Waals surface area contributed by atoms with Crippen molar-refractivity contribution in [3.8, 4) is 0 Å². The van der Waals surface area contributed by atoms with Crippen LogP contribution in [0.25, 0.3) is 0 Å². The van der Waals surface area contributed by atoms with Gasteiger partial charge in [-0.2, -0.15) is 0 Å². The lowest BCUT2D eigenvalue weighted by Gasteiger charge is -2.29. The van der Waals surface area contributed by atoms with Crippen LogP contribution in [0.1, 0.15) is 43.4 Å². The zero-order chi connectivity index (χ0) is 10.8. The van der Waals surface area contributed by atoms with Crippen LogP contribution in [0.15, 0.2) is 18.2 Å². The molecule has 0 radical (unpaired) electrons. The topological polar surface area (TPSA) is 12.0 Å². The summed E-state index contributed by atoms with van der Waals surface area (Å²) in [7, 11) is 0. The molecule has 1 atom stereocenters. The van der Waals surface area contributed by atoms with Gasteiger partial charge in [-0.15, -0.1) is 0 Å². The maximum Gasteiger partial charge on any atom is 0.0208 e. The van der Waals surface area contributed by atoms with E-state index in [-0.39, 0.29) is 0 Å². The summed E-state index contributed by atoms with van der Waals surface area (Å²) in [4.78, 5) is 0. The highest BCUT2D eigenvalue weighted by atomic mass is 14.9. The summed E-state index contributed by atoms with van der Waals surface area (Å²) >= 11 is 0. The zero-order valence-electron chi connectivity index (χ0n) is 10.0. The lowest BCUT2D eigenvalue weighted by atomic mass is 9.82. The van der Waals surface area contributed by atoms with Gasteiger partial charge in [0.2, 0.25) is 0 Å². The van der Waals surface area contributed by atoms with E-state index in [1.807, 2.05) is 0 Å². The molecule has 1 nitrogen and oxygen atoms in total. The molecule has 1 aliphatic rings. The first-order chi connectivity index (χ1) is 7.22. The van der Waals surface area contributed by atoms with Crippen LogP contribution in [0.2, 0.25) is 0 Å². The minimum atomic E-state index is 0.694. The van der Waals surface area contributed by atoms with Crippen LogP contribution in [0.4, 0.5) is 0 Å². The molecule has 82 valence electrons. The Balaban J connectivity index is 2.36. The molecule has 1 heteroatoms. The fourth-order valence-corrected chi connectivity index (χ4v) is 2.46. The van der Waals surface area contributed by atoms with Crippen LogP contribution >= 0.6 is 0 Å². The van der Waals surface area contributed by atoms with Gasteiger partial charge < -0.3 is 5.32 Å². The molecule has 0 saturated heterocycles. The van der Waals surface area contributed by atoms with Crippen molar-refractivity contribution in [3.63, 3.8) is 0 Å². The SMILES string of the molecule is CCc1ccc2c(c1)CNCC2C(C)C. The standard InChI is InChI=1S/C14H21N/c1-4-11-5-6-13-12(7-11)8-15-9-14(13)10(2)3/h5-7,10,14-15H,4,8-9H2,1-3H3. The van der Waals surface area contributed by atoms with E-state index in [1.54, 1.807) is 5.56 Å². The Labute approximate surface area is 92.9 Å². The number of rotatable bonds is 2. The monoisotopic (exact) mass is 203 g/mol. The Hall–Kier alpha value is -0.820. The van der Waals surface area contributed by atoms with Crippen LogP contribution in [-0.2, 0) is 13.0 Å². The molecule has 0 fully saturated rings. The summed E-state index contributed by atoms with van der Waals surface area (Å²) < 4.78 is 0. The molecule has 0 amide bonds. The minimum absolute atomic E-state index is 0.694. The number of nitrogens with one attached hydrogen (secondary N) is 1. The van der Waals surface area contributed by atoms with E-state index < -0.39 is 0 Å². The van der Waals surface area contributed by atoms with E-state index in [1.165, 1.54) is 11.1 Å². The quantitative estimate of drug-likeness (QED) is 0.779. The van der Waals surface area contributed by atoms with Gasteiger partial charge in [-0.3, -0.25) is 0 Å². The average molecular weight is 203 g/mol. The molecular weight excluding hydrogens is 182 g/mol. The summed E-state index contributed by atoms with van der Waals surface area (Å²) in [5, 5.41) is 3.52. The Morgan fingerprint density at radius 3 is 2.87 bits per heavy atom. The maximum atomic E-state index is 3.52. The molecule has 1 unspecified atom stereocenters. The molecule has 0 spiro atoms. The van der Waals surface area contributed by atoms with Crippen LogP contribution in [0.5, 0.6) is 0 Å². The first kappa shape index (κ1) is 10.7. The predicted molar refractivity (Wildman–Crippen MR) is 65.1 cm³/mol. The van der Waals surface area contributed by atoms with Gasteiger partial charge in [0.05, 0.1) is 0 Å². The van der Waals surface area contributed by atoms with Crippen LogP contribution in [-0.4, -0.2) is 6.54 Å². The zero-order valence-corrected chi connectivity index (χ0v) is 10.0. The van der Waals surface area contributed by atoms with Crippen molar-refractivity contribution in [3.05, 3.63) is 34.9 Å². The van der Waals surface area contributed by atoms with Gasteiger partial charge in [0.25, 0.3) is 0 Å². The number of hydrogen-bond acceptors (Lipinski definition) is 1. The number of benzene rings is 1. The Morgan fingerprint density at radius 1 is 1.40 bits per heavy atom. The van der Waals surface area contributed by atoms with Crippen molar-refractivity contribution in [2.24, 2.45) is 5.92 Å². The van der Waals surface area contributed by atoms with Crippen LogP contribution in [0.3, 0.4) is 0 Å². The van der Waals surface area contributed by atoms with E-state index in [0.717, 1.165) is 25.4 Å². The summed E-state index contributed by atoms with van der Waals surface area (Å²) in [6.07, 6.45) is 1.14. The number of hydrogen-bond donors (Lipinski definition) is 1. The van der Waals surface area contributed by atoms with E-state index in [0.29, 0.717) is 5.92 Å². The largest absolute Gasteiger partial charge is 0.312 e.